The van der Waals surface area contributed by atoms with E-state index in [-0.39, 0.29) is 5.91 Å². The van der Waals surface area contributed by atoms with Gasteiger partial charge in [0.1, 0.15) is 0 Å². The first-order valence-electron chi connectivity index (χ1n) is 11.4. The number of carboxylic acid groups (broad SMARTS) is 1. The van der Waals surface area contributed by atoms with Crippen LogP contribution in [0.3, 0.4) is 0 Å². The topological polar surface area (TPSA) is 96.7 Å². The van der Waals surface area contributed by atoms with E-state index in [4.69, 9.17) is 15.2 Å². The molecule has 0 spiro atoms. The molecule has 11 heteroatoms. The molecule has 1 fully saturated rings. The number of halogens is 3. The van der Waals surface area contributed by atoms with Crippen LogP contribution >= 0.6 is 11.3 Å². The molecule has 0 bridgehead atoms. The fraction of sp³-hybridized carbons (Fsp3) is 0.269. The Kier molecular flexibility index (Phi) is 9.65. The zero-order valence-electron chi connectivity index (χ0n) is 19.7. The second kappa shape index (κ2) is 12.9. The van der Waals surface area contributed by atoms with Gasteiger partial charge in [-0.25, -0.2) is 4.79 Å². The van der Waals surface area contributed by atoms with Crippen molar-refractivity contribution in [2.75, 3.05) is 36.4 Å². The van der Waals surface area contributed by atoms with Crippen molar-refractivity contribution in [3.8, 4) is 6.07 Å². The number of carbonyl (C=O) groups is 2. The molecule has 0 radical (unpaired) electrons. The van der Waals surface area contributed by atoms with Gasteiger partial charge in [-0.05, 0) is 59.8 Å². The number of aliphatic carboxylic acids is 1. The zero-order chi connectivity index (χ0) is 26.8. The lowest BCUT2D eigenvalue weighted by atomic mass is 10.1. The minimum atomic E-state index is -5.08. The van der Waals surface area contributed by atoms with Gasteiger partial charge in [-0.2, -0.15) is 18.4 Å². The van der Waals surface area contributed by atoms with E-state index in [1.54, 1.807) is 0 Å². The van der Waals surface area contributed by atoms with Gasteiger partial charge in [-0.15, -0.1) is 11.3 Å². The van der Waals surface area contributed by atoms with E-state index in [9.17, 15) is 18.0 Å². The Labute approximate surface area is 216 Å². The Morgan fingerprint density at radius 2 is 1.76 bits per heavy atom. The van der Waals surface area contributed by atoms with Gasteiger partial charge in [-0.3, -0.25) is 9.69 Å². The van der Waals surface area contributed by atoms with Gasteiger partial charge in [-0.1, -0.05) is 18.2 Å². The summed E-state index contributed by atoms with van der Waals surface area (Å²) in [5.74, 6) is -2.82. The fourth-order valence-corrected chi connectivity index (χ4v) is 4.36. The zero-order valence-corrected chi connectivity index (χ0v) is 20.6. The van der Waals surface area contributed by atoms with Gasteiger partial charge in [0.2, 0.25) is 0 Å². The molecule has 0 aliphatic carbocycles. The molecule has 1 saturated heterocycles. The highest BCUT2D eigenvalue weighted by molar-refractivity contribution is 7.12. The second-order valence-corrected chi connectivity index (χ2v) is 9.16. The maximum atomic E-state index is 12.2. The number of hydrogen-bond donors (Lipinski definition) is 2. The predicted octanol–water partition coefficient (Wildman–Crippen LogP) is 5.22. The number of rotatable bonds is 5. The summed E-state index contributed by atoms with van der Waals surface area (Å²) < 4.78 is 31.7. The summed E-state index contributed by atoms with van der Waals surface area (Å²) >= 11 is 1.44. The number of hydrogen-bond acceptors (Lipinski definition) is 6. The average molecular weight is 531 g/mol. The van der Waals surface area contributed by atoms with E-state index in [1.807, 2.05) is 47.8 Å². The van der Waals surface area contributed by atoms with Crippen LogP contribution in [0.2, 0.25) is 0 Å². The lowest BCUT2D eigenvalue weighted by molar-refractivity contribution is -0.192. The van der Waals surface area contributed by atoms with Crippen LogP contribution in [0.25, 0.3) is 0 Å². The molecule has 194 valence electrons. The highest BCUT2D eigenvalue weighted by atomic mass is 32.1. The molecule has 0 atom stereocenters. The number of anilines is 2. The molecule has 37 heavy (non-hydrogen) atoms. The Bertz CT molecular complexity index is 1230. The number of nitrogens with one attached hydrogen (secondary N) is 1. The first-order valence-corrected chi connectivity index (χ1v) is 12.2. The monoisotopic (exact) mass is 530 g/mol. The van der Waals surface area contributed by atoms with Crippen LogP contribution in [0.15, 0.2) is 66.0 Å². The third-order valence-corrected chi connectivity index (χ3v) is 6.40. The molecular weight excluding hydrogens is 505 g/mol. The number of carbonyl (C=O) groups excluding carboxylic acids is 1. The van der Waals surface area contributed by atoms with Crippen LogP contribution in [0.5, 0.6) is 0 Å². The number of nitrogens with zero attached hydrogens (tertiary/aromatic N) is 3. The van der Waals surface area contributed by atoms with Gasteiger partial charge < -0.3 is 15.3 Å². The first kappa shape index (κ1) is 27.7. The fourth-order valence-electron chi connectivity index (χ4n) is 3.74. The number of benzene rings is 2. The van der Waals surface area contributed by atoms with Crippen LogP contribution in [0, 0.1) is 11.3 Å². The van der Waals surface area contributed by atoms with E-state index in [0.717, 1.165) is 50.4 Å². The highest BCUT2D eigenvalue weighted by Crippen LogP contribution is 2.21. The smallest absolute Gasteiger partial charge is 0.475 e. The molecule has 1 amide bonds. The van der Waals surface area contributed by atoms with Gasteiger partial charge in [0.05, 0.1) is 16.5 Å². The Hall–Kier alpha value is -3.88. The Balaban J connectivity index is 0.000000479. The molecule has 2 N–H and O–H groups in total. The number of carboxylic acids is 1. The molecule has 1 aromatic heterocycles. The standard InChI is InChI=1S/C24H24N4OS.C2HF3O2/c25-17-19-4-1-5-20(16-19)18-27-11-3-12-28(14-13-27)22-9-7-21(8-10-22)26-24(29)23-6-2-15-30-23;3-2(4,5)1(6)7/h1-2,4-10,15-16H,3,11-14,18H2,(H,26,29);(H,6,7). The summed E-state index contributed by atoms with van der Waals surface area (Å²) in [7, 11) is 0. The van der Waals surface area contributed by atoms with E-state index < -0.39 is 12.1 Å². The molecule has 3 aromatic rings. The van der Waals surface area contributed by atoms with Crippen LogP contribution in [-0.4, -0.2) is 54.2 Å². The van der Waals surface area contributed by atoms with Crippen molar-refractivity contribution in [1.82, 2.24) is 4.90 Å². The SMILES string of the molecule is N#Cc1cccc(CN2CCCN(c3ccc(NC(=O)c4cccs4)cc3)CC2)c1.O=C(O)C(F)(F)F. The maximum Gasteiger partial charge on any atom is 0.490 e. The van der Waals surface area contributed by atoms with Crippen molar-refractivity contribution >= 4 is 34.6 Å². The number of nitriles is 1. The van der Waals surface area contributed by atoms with Crippen molar-refractivity contribution in [2.24, 2.45) is 0 Å². The summed E-state index contributed by atoms with van der Waals surface area (Å²) in [5, 5.41) is 21.1. The number of thiophene rings is 1. The minimum absolute atomic E-state index is 0.0661. The average Bonchev–Trinajstić information content (AvgIpc) is 3.32. The van der Waals surface area contributed by atoms with Crippen molar-refractivity contribution in [3.63, 3.8) is 0 Å². The van der Waals surface area contributed by atoms with Gasteiger partial charge in [0.15, 0.2) is 0 Å². The molecule has 7 nitrogen and oxygen atoms in total. The number of alkyl halides is 3. The van der Waals surface area contributed by atoms with E-state index >= 15 is 0 Å². The van der Waals surface area contributed by atoms with Gasteiger partial charge in [0, 0.05) is 44.1 Å². The summed E-state index contributed by atoms with van der Waals surface area (Å²) in [6.45, 7) is 4.86. The summed E-state index contributed by atoms with van der Waals surface area (Å²) in [5.41, 5.74) is 3.90. The van der Waals surface area contributed by atoms with Gasteiger partial charge in [0.25, 0.3) is 5.91 Å². The number of amides is 1. The Morgan fingerprint density at radius 3 is 2.38 bits per heavy atom. The van der Waals surface area contributed by atoms with Crippen molar-refractivity contribution < 1.29 is 27.9 Å². The minimum Gasteiger partial charge on any atom is -0.475 e. The largest absolute Gasteiger partial charge is 0.490 e. The van der Waals surface area contributed by atoms with Crippen molar-refractivity contribution in [2.45, 2.75) is 19.1 Å². The van der Waals surface area contributed by atoms with Crippen molar-refractivity contribution in [3.05, 3.63) is 82.0 Å². The molecule has 1 aliphatic heterocycles. The normalized spacial score (nSPS) is 14.1. The highest BCUT2D eigenvalue weighted by Gasteiger charge is 2.38. The first-order chi connectivity index (χ1) is 17.7. The van der Waals surface area contributed by atoms with Crippen molar-refractivity contribution in [1.29, 1.82) is 5.26 Å². The van der Waals surface area contributed by atoms with Gasteiger partial charge >= 0.3 is 12.1 Å². The summed E-state index contributed by atoms with van der Waals surface area (Å²) in [4.78, 5) is 26.7. The lowest BCUT2D eigenvalue weighted by Gasteiger charge is -2.24. The molecular formula is C26H25F3N4O3S. The molecule has 0 unspecified atom stereocenters. The quantitative estimate of drug-likeness (QED) is 0.470. The Morgan fingerprint density at radius 1 is 1.03 bits per heavy atom. The third-order valence-electron chi connectivity index (χ3n) is 5.53. The van der Waals surface area contributed by atoms with E-state index in [1.165, 1.54) is 22.6 Å². The second-order valence-electron chi connectivity index (χ2n) is 8.21. The molecule has 2 aromatic carbocycles. The van der Waals surface area contributed by atoms with Crippen LogP contribution in [-0.2, 0) is 11.3 Å². The molecule has 1 aliphatic rings. The van der Waals surface area contributed by atoms with Crippen LogP contribution in [0.1, 0.15) is 27.2 Å². The molecule has 2 heterocycles. The van der Waals surface area contributed by atoms with E-state index in [0.29, 0.717) is 4.88 Å². The predicted molar refractivity (Wildman–Crippen MR) is 136 cm³/mol. The molecule has 0 saturated carbocycles. The third kappa shape index (κ3) is 8.63. The summed E-state index contributed by atoms with van der Waals surface area (Å²) in [6, 6.07) is 21.9. The van der Waals surface area contributed by atoms with Crippen LogP contribution in [0.4, 0.5) is 24.5 Å². The lowest BCUT2D eigenvalue weighted by Crippen LogP contribution is -2.30. The summed E-state index contributed by atoms with van der Waals surface area (Å²) in [6.07, 6.45) is -3.99. The van der Waals surface area contributed by atoms with Crippen LogP contribution < -0.4 is 10.2 Å². The molecule has 4 rings (SSSR count). The van der Waals surface area contributed by atoms with E-state index in [2.05, 4.69) is 39.4 Å². The maximum absolute atomic E-state index is 12.2.